The van der Waals surface area contributed by atoms with Crippen LogP contribution < -0.4 is 16.0 Å². The van der Waals surface area contributed by atoms with Gasteiger partial charge in [0, 0.05) is 30.6 Å². The smallest absolute Gasteiger partial charge is 0.255 e. The highest BCUT2D eigenvalue weighted by Gasteiger charge is 2.32. The average Bonchev–Trinajstić information content (AvgIpc) is 2.76. The molecule has 6 nitrogen and oxygen atoms in total. The Kier molecular flexibility index (Phi) is 5.57. The quantitative estimate of drug-likeness (QED) is 0.697. The number of nitrogen functional groups attached to an aromatic ring is 1. The molecule has 156 valence electrons. The van der Waals surface area contributed by atoms with E-state index in [-0.39, 0.29) is 11.5 Å². The molecule has 6 heteroatoms. The first kappa shape index (κ1) is 20.1. The van der Waals surface area contributed by atoms with Gasteiger partial charge in [-0.1, -0.05) is 26.0 Å². The highest BCUT2D eigenvalue weighted by Crippen LogP contribution is 2.43. The van der Waals surface area contributed by atoms with Crippen molar-refractivity contribution < 1.29 is 4.74 Å². The molecular formula is C24H28N4O2. The summed E-state index contributed by atoms with van der Waals surface area (Å²) in [5.74, 6) is 2.59. The minimum Gasteiger partial charge on any atom is -0.496 e. The molecule has 2 heterocycles. The predicted molar refractivity (Wildman–Crippen MR) is 119 cm³/mol. The topological polar surface area (TPSA) is 83.0 Å². The number of fused-ring (bicyclic) bond motifs is 1. The molecule has 0 aliphatic heterocycles. The number of hydrogen-bond donors (Lipinski definition) is 1. The molecule has 2 N–H and O–H groups in total. The van der Waals surface area contributed by atoms with Gasteiger partial charge in [-0.2, -0.15) is 0 Å². The third-order valence-electron chi connectivity index (χ3n) is 6.62. The van der Waals surface area contributed by atoms with Gasteiger partial charge in [0.05, 0.1) is 12.8 Å². The minimum atomic E-state index is -0.121. The van der Waals surface area contributed by atoms with Gasteiger partial charge in [0.25, 0.3) is 5.56 Å². The normalized spacial score (nSPS) is 20.6. The molecule has 1 aliphatic carbocycles. The number of nitrogens with zero attached hydrogens (tertiary/aromatic N) is 3. The van der Waals surface area contributed by atoms with Crippen molar-refractivity contribution in [2.24, 2.45) is 11.8 Å². The highest BCUT2D eigenvalue weighted by atomic mass is 16.5. The number of anilines is 1. The molecule has 2 aromatic heterocycles. The van der Waals surface area contributed by atoms with Crippen molar-refractivity contribution in [3.63, 3.8) is 0 Å². The van der Waals surface area contributed by atoms with Crippen molar-refractivity contribution in [1.29, 1.82) is 0 Å². The molecule has 1 aromatic carbocycles. The second kappa shape index (κ2) is 8.30. The van der Waals surface area contributed by atoms with E-state index in [4.69, 9.17) is 10.5 Å². The molecule has 0 bridgehead atoms. The summed E-state index contributed by atoms with van der Waals surface area (Å²) in [7, 11) is 1.73. The Morgan fingerprint density at radius 1 is 1.20 bits per heavy atom. The monoisotopic (exact) mass is 404 g/mol. The van der Waals surface area contributed by atoms with Gasteiger partial charge in [0.2, 0.25) is 5.95 Å². The van der Waals surface area contributed by atoms with Crippen LogP contribution in [0.5, 0.6) is 5.75 Å². The number of aromatic nitrogens is 3. The number of rotatable bonds is 5. The summed E-state index contributed by atoms with van der Waals surface area (Å²) in [6, 6.07) is 11.5. The van der Waals surface area contributed by atoms with E-state index >= 15 is 0 Å². The lowest BCUT2D eigenvalue weighted by Crippen LogP contribution is -2.30. The molecular weight excluding hydrogens is 376 g/mol. The van der Waals surface area contributed by atoms with E-state index in [0.29, 0.717) is 30.0 Å². The molecule has 1 aliphatic rings. The van der Waals surface area contributed by atoms with Crippen LogP contribution in [0.4, 0.5) is 5.95 Å². The van der Waals surface area contributed by atoms with Crippen LogP contribution in [0.3, 0.4) is 0 Å². The molecule has 0 saturated heterocycles. The largest absolute Gasteiger partial charge is 0.496 e. The van der Waals surface area contributed by atoms with Crippen LogP contribution >= 0.6 is 0 Å². The third kappa shape index (κ3) is 3.70. The Hall–Kier alpha value is -3.15. The van der Waals surface area contributed by atoms with Crippen LogP contribution in [0, 0.1) is 11.8 Å². The molecule has 3 aromatic rings. The second-order valence-corrected chi connectivity index (χ2v) is 8.15. The number of benzene rings is 1. The van der Waals surface area contributed by atoms with Crippen LogP contribution in [0.2, 0.25) is 0 Å². The first-order valence-electron chi connectivity index (χ1n) is 10.4. The molecule has 3 atom stereocenters. The van der Waals surface area contributed by atoms with E-state index < -0.39 is 0 Å². The van der Waals surface area contributed by atoms with Crippen LogP contribution in [-0.4, -0.2) is 21.6 Å². The first-order valence-corrected chi connectivity index (χ1v) is 10.4. The Balaban J connectivity index is 1.55. The van der Waals surface area contributed by atoms with Gasteiger partial charge in [-0.05, 0) is 59.9 Å². The second-order valence-electron chi connectivity index (χ2n) is 8.15. The Labute approximate surface area is 176 Å². The molecule has 0 saturated carbocycles. The molecule has 0 spiro atoms. The number of hydrogen-bond acceptors (Lipinski definition) is 5. The predicted octanol–water partition coefficient (Wildman–Crippen LogP) is 3.90. The first-order chi connectivity index (χ1) is 14.5. The lowest BCUT2D eigenvalue weighted by Gasteiger charge is -2.37. The number of methoxy groups -OCH3 is 1. The van der Waals surface area contributed by atoms with Crippen molar-refractivity contribution in [1.82, 2.24) is 14.5 Å². The van der Waals surface area contributed by atoms with Crippen LogP contribution in [-0.2, 0) is 13.0 Å². The van der Waals surface area contributed by atoms with Crippen LogP contribution in [0.25, 0.3) is 11.3 Å². The molecule has 0 radical (unpaired) electrons. The molecule has 2 unspecified atom stereocenters. The molecule has 30 heavy (non-hydrogen) atoms. The molecule has 0 amide bonds. The summed E-state index contributed by atoms with van der Waals surface area (Å²) < 4.78 is 7.19. The zero-order chi connectivity index (χ0) is 21.3. The van der Waals surface area contributed by atoms with Gasteiger partial charge in [0.1, 0.15) is 5.75 Å². The Morgan fingerprint density at radius 2 is 1.97 bits per heavy atom. The Bertz CT molecular complexity index is 1090. The van der Waals surface area contributed by atoms with Crippen molar-refractivity contribution in [3.05, 3.63) is 70.3 Å². The maximum Gasteiger partial charge on any atom is 0.255 e. The number of pyridine rings is 1. The van der Waals surface area contributed by atoms with Gasteiger partial charge in [-0.15, -0.1) is 0 Å². The number of ether oxygens (including phenoxy) is 1. The van der Waals surface area contributed by atoms with Gasteiger partial charge in [-0.25, -0.2) is 4.98 Å². The van der Waals surface area contributed by atoms with Gasteiger partial charge in [-0.3, -0.25) is 14.3 Å². The van der Waals surface area contributed by atoms with E-state index in [1.165, 1.54) is 11.1 Å². The fourth-order valence-corrected chi connectivity index (χ4v) is 4.64. The fraction of sp³-hybridized carbons (Fsp3) is 0.375. The fourth-order valence-electron chi connectivity index (χ4n) is 4.64. The van der Waals surface area contributed by atoms with Crippen molar-refractivity contribution in [3.8, 4) is 17.0 Å². The standard InChI is InChI=1S/C24H28N4O2/c1-15-16(2)19-5-4-6-22(30-3)20(19)13-18(15)9-12-28-23(29)14-21(27-24(28)25)17-7-10-26-11-8-17/h4-8,10-11,14-16,18H,9,12-13H2,1-3H3,(H2,25,27)/t15?,16-,18?/m1/s1. The summed E-state index contributed by atoms with van der Waals surface area (Å²) in [5.41, 5.74) is 10.1. The Morgan fingerprint density at radius 3 is 2.67 bits per heavy atom. The maximum absolute atomic E-state index is 12.8. The van der Waals surface area contributed by atoms with Crippen molar-refractivity contribution >= 4 is 5.95 Å². The van der Waals surface area contributed by atoms with Crippen molar-refractivity contribution in [2.45, 2.75) is 39.2 Å². The highest BCUT2D eigenvalue weighted by molar-refractivity contribution is 5.58. The lowest BCUT2D eigenvalue weighted by molar-refractivity contribution is 0.258. The maximum atomic E-state index is 12.8. The summed E-state index contributed by atoms with van der Waals surface area (Å²) in [6.07, 6.45) is 5.17. The van der Waals surface area contributed by atoms with Gasteiger partial charge < -0.3 is 10.5 Å². The number of nitrogens with two attached hydrogens (primary N) is 1. The van der Waals surface area contributed by atoms with Gasteiger partial charge in [0.15, 0.2) is 0 Å². The average molecular weight is 405 g/mol. The molecule has 0 fully saturated rings. The lowest BCUT2D eigenvalue weighted by atomic mass is 9.69. The molecule has 4 rings (SSSR count). The van der Waals surface area contributed by atoms with Crippen LogP contribution in [0.1, 0.15) is 37.3 Å². The van der Waals surface area contributed by atoms with Crippen LogP contribution in [0.15, 0.2) is 53.6 Å². The SMILES string of the molecule is COc1cccc2c1CC(CCn1c(N)nc(-c3ccncc3)cc1=O)C(C)[C@H]2C. The van der Waals surface area contributed by atoms with Crippen molar-refractivity contribution in [2.75, 3.05) is 12.8 Å². The minimum absolute atomic E-state index is 0.121. The zero-order valence-electron chi connectivity index (χ0n) is 17.7. The van der Waals surface area contributed by atoms with Gasteiger partial charge >= 0.3 is 0 Å². The summed E-state index contributed by atoms with van der Waals surface area (Å²) >= 11 is 0. The van der Waals surface area contributed by atoms with E-state index in [9.17, 15) is 4.79 Å². The summed E-state index contributed by atoms with van der Waals surface area (Å²) in [5, 5.41) is 0. The summed E-state index contributed by atoms with van der Waals surface area (Å²) in [6.45, 7) is 5.13. The third-order valence-corrected chi connectivity index (χ3v) is 6.62. The van der Waals surface area contributed by atoms with E-state index in [0.717, 1.165) is 24.2 Å². The summed E-state index contributed by atoms with van der Waals surface area (Å²) in [4.78, 5) is 21.2. The van der Waals surface area contributed by atoms with E-state index in [1.54, 1.807) is 30.1 Å². The van der Waals surface area contributed by atoms with E-state index in [1.807, 2.05) is 18.2 Å². The zero-order valence-corrected chi connectivity index (χ0v) is 17.7. The van der Waals surface area contributed by atoms with E-state index in [2.05, 4.69) is 35.9 Å².